The lowest BCUT2D eigenvalue weighted by Crippen LogP contribution is -2.41. The van der Waals surface area contributed by atoms with Crippen molar-refractivity contribution in [1.82, 2.24) is 4.90 Å². The van der Waals surface area contributed by atoms with Crippen LogP contribution in [0.3, 0.4) is 0 Å². The van der Waals surface area contributed by atoms with Crippen LogP contribution in [0.4, 0.5) is 0 Å². The normalized spacial score (nSPS) is 14.5. The Morgan fingerprint density at radius 2 is 1.77 bits per heavy atom. The Morgan fingerprint density at radius 1 is 1.15 bits per heavy atom. The first-order valence-electron chi connectivity index (χ1n) is 8.55. The van der Waals surface area contributed by atoms with E-state index in [0.717, 1.165) is 22.9 Å². The Hall–Kier alpha value is -2.34. The Kier molecular flexibility index (Phi) is 5.61. The molecule has 0 saturated heterocycles. The van der Waals surface area contributed by atoms with E-state index in [-0.39, 0.29) is 11.9 Å². The number of halogens is 1. The number of amides is 2. The van der Waals surface area contributed by atoms with Gasteiger partial charge in [-0.15, -0.1) is 0 Å². The fraction of sp³-hybridized carbons (Fsp3) is 0.300. The third-order valence-corrected chi connectivity index (χ3v) is 4.87. The topological polar surface area (TPSA) is 72.6 Å². The molecule has 0 radical (unpaired) electrons. The first-order chi connectivity index (χ1) is 12.4. The van der Waals surface area contributed by atoms with Crippen molar-refractivity contribution in [2.24, 2.45) is 5.73 Å². The van der Waals surface area contributed by atoms with Crippen LogP contribution < -0.4 is 10.5 Å². The predicted octanol–water partition coefficient (Wildman–Crippen LogP) is 3.51. The van der Waals surface area contributed by atoms with Gasteiger partial charge in [-0.25, -0.2) is 0 Å². The third-order valence-electron chi connectivity index (χ3n) is 4.34. The van der Waals surface area contributed by atoms with E-state index in [9.17, 15) is 9.59 Å². The summed E-state index contributed by atoms with van der Waals surface area (Å²) in [6.07, 6.45) is 1.45. The first-order valence-corrected chi connectivity index (χ1v) is 9.35. The number of hydrogen-bond acceptors (Lipinski definition) is 3. The molecule has 6 heteroatoms. The lowest BCUT2D eigenvalue weighted by Gasteiger charge is -2.26. The molecule has 2 aromatic rings. The average Bonchev–Trinajstić information content (AvgIpc) is 3.46. The summed E-state index contributed by atoms with van der Waals surface area (Å²) in [6.45, 7) is 2.27. The van der Waals surface area contributed by atoms with Crippen molar-refractivity contribution in [2.75, 3.05) is 0 Å². The van der Waals surface area contributed by atoms with E-state index in [4.69, 9.17) is 10.5 Å². The smallest absolute Gasteiger partial charge is 0.263 e. The van der Waals surface area contributed by atoms with Crippen LogP contribution in [0.5, 0.6) is 5.75 Å². The van der Waals surface area contributed by atoms with Crippen LogP contribution in [-0.2, 0) is 11.3 Å². The second-order valence-corrected chi connectivity index (χ2v) is 7.39. The van der Waals surface area contributed by atoms with Gasteiger partial charge >= 0.3 is 0 Å². The molecule has 2 aromatic carbocycles. The molecule has 1 fully saturated rings. The summed E-state index contributed by atoms with van der Waals surface area (Å²) in [7, 11) is 0. The van der Waals surface area contributed by atoms with E-state index >= 15 is 0 Å². The van der Waals surface area contributed by atoms with Gasteiger partial charge in [0, 0.05) is 22.6 Å². The highest BCUT2D eigenvalue weighted by molar-refractivity contribution is 9.10. The summed E-state index contributed by atoms with van der Waals surface area (Å²) < 4.78 is 6.77. The molecule has 2 N–H and O–H groups in total. The minimum Gasteiger partial charge on any atom is -0.481 e. The Morgan fingerprint density at radius 3 is 2.31 bits per heavy atom. The molecule has 1 atom stereocenters. The van der Waals surface area contributed by atoms with Crippen molar-refractivity contribution in [2.45, 2.75) is 38.5 Å². The lowest BCUT2D eigenvalue weighted by atomic mass is 10.1. The highest BCUT2D eigenvalue weighted by Crippen LogP contribution is 2.29. The number of rotatable bonds is 7. The largest absolute Gasteiger partial charge is 0.481 e. The maximum atomic E-state index is 12.9. The minimum absolute atomic E-state index is 0.0330. The second-order valence-electron chi connectivity index (χ2n) is 6.47. The third kappa shape index (κ3) is 4.64. The number of carbonyl (C=O) groups is 2. The second kappa shape index (κ2) is 7.91. The Labute approximate surface area is 161 Å². The van der Waals surface area contributed by atoms with Crippen molar-refractivity contribution < 1.29 is 14.3 Å². The van der Waals surface area contributed by atoms with Crippen molar-refractivity contribution in [3.05, 3.63) is 64.1 Å². The molecule has 136 valence electrons. The number of primary amides is 1. The van der Waals surface area contributed by atoms with Gasteiger partial charge in [-0.2, -0.15) is 0 Å². The molecule has 0 aliphatic heterocycles. The number of hydrogen-bond donors (Lipinski definition) is 1. The maximum Gasteiger partial charge on any atom is 0.263 e. The first kappa shape index (κ1) is 18.5. The van der Waals surface area contributed by atoms with Crippen LogP contribution in [0.15, 0.2) is 53.0 Å². The summed E-state index contributed by atoms with van der Waals surface area (Å²) in [5.74, 6) is 0.174. The van der Waals surface area contributed by atoms with Crippen LogP contribution in [0, 0.1) is 0 Å². The summed E-state index contributed by atoms with van der Waals surface area (Å²) in [4.78, 5) is 25.9. The molecule has 26 heavy (non-hydrogen) atoms. The highest BCUT2D eigenvalue weighted by atomic mass is 79.9. The van der Waals surface area contributed by atoms with Gasteiger partial charge in [0.05, 0.1) is 0 Å². The van der Waals surface area contributed by atoms with E-state index in [1.54, 1.807) is 19.1 Å². The summed E-state index contributed by atoms with van der Waals surface area (Å²) >= 11 is 3.38. The molecular formula is C20H21BrN2O3. The number of benzene rings is 2. The summed E-state index contributed by atoms with van der Waals surface area (Å²) in [6, 6.07) is 14.7. The number of carbonyl (C=O) groups excluding carboxylic acids is 2. The molecule has 2 amide bonds. The van der Waals surface area contributed by atoms with Crippen molar-refractivity contribution in [1.29, 1.82) is 0 Å². The van der Waals surface area contributed by atoms with Crippen LogP contribution in [0.25, 0.3) is 0 Å². The molecular weight excluding hydrogens is 396 g/mol. The van der Waals surface area contributed by atoms with Crippen molar-refractivity contribution in [3.8, 4) is 5.75 Å². The quantitative estimate of drug-likeness (QED) is 0.750. The van der Waals surface area contributed by atoms with Gasteiger partial charge in [-0.05, 0) is 61.7 Å². The molecule has 0 spiro atoms. The zero-order valence-corrected chi connectivity index (χ0v) is 16.1. The van der Waals surface area contributed by atoms with Crippen molar-refractivity contribution >= 4 is 27.7 Å². The van der Waals surface area contributed by atoms with Gasteiger partial charge in [-0.1, -0.05) is 28.1 Å². The van der Waals surface area contributed by atoms with Crippen LogP contribution in [0.2, 0.25) is 0 Å². The lowest BCUT2D eigenvalue weighted by molar-refractivity contribution is -0.139. The zero-order chi connectivity index (χ0) is 18.7. The van der Waals surface area contributed by atoms with E-state index in [2.05, 4.69) is 15.9 Å². The number of nitrogens with zero attached hydrogens (tertiary/aromatic N) is 1. The van der Waals surface area contributed by atoms with Crippen LogP contribution in [-0.4, -0.2) is 28.9 Å². The maximum absolute atomic E-state index is 12.9. The van der Waals surface area contributed by atoms with E-state index in [1.165, 1.54) is 0 Å². The molecule has 1 aliphatic rings. The molecule has 5 nitrogen and oxygen atoms in total. The van der Waals surface area contributed by atoms with Gasteiger partial charge in [-0.3, -0.25) is 9.59 Å². The molecule has 0 heterocycles. The highest BCUT2D eigenvalue weighted by Gasteiger charge is 2.35. The minimum atomic E-state index is -0.568. The monoisotopic (exact) mass is 416 g/mol. The van der Waals surface area contributed by atoms with E-state index < -0.39 is 12.0 Å². The zero-order valence-electron chi connectivity index (χ0n) is 14.5. The fourth-order valence-corrected chi connectivity index (χ4v) is 3.01. The predicted molar refractivity (Wildman–Crippen MR) is 103 cm³/mol. The van der Waals surface area contributed by atoms with Gasteiger partial charge in [0.2, 0.25) is 5.91 Å². The van der Waals surface area contributed by atoms with E-state index in [0.29, 0.717) is 17.9 Å². The average molecular weight is 417 g/mol. The standard InChI is InChI=1S/C20H21BrN2O3/c1-13(26-18-10-6-16(21)7-11-18)20(25)23(17-8-9-17)12-14-2-4-15(5-3-14)19(22)24/h2-7,10-11,13,17H,8-9,12H2,1H3,(H2,22,24). The van der Waals surface area contributed by atoms with E-state index in [1.807, 2.05) is 41.3 Å². The molecule has 0 aromatic heterocycles. The van der Waals surface area contributed by atoms with Gasteiger partial charge in [0.25, 0.3) is 5.91 Å². The Balaban J connectivity index is 1.67. The Bertz CT molecular complexity index is 786. The summed E-state index contributed by atoms with van der Waals surface area (Å²) in [5, 5.41) is 0. The van der Waals surface area contributed by atoms with Crippen LogP contribution in [0.1, 0.15) is 35.7 Å². The molecule has 1 unspecified atom stereocenters. The molecule has 1 saturated carbocycles. The summed E-state index contributed by atoms with van der Waals surface area (Å²) in [5.41, 5.74) is 6.70. The van der Waals surface area contributed by atoms with Crippen molar-refractivity contribution in [3.63, 3.8) is 0 Å². The molecule has 0 bridgehead atoms. The van der Waals surface area contributed by atoms with Crippen LogP contribution >= 0.6 is 15.9 Å². The fourth-order valence-electron chi connectivity index (χ4n) is 2.75. The van der Waals surface area contributed by atoms with Gasteiger partial charge in [0.15, 0.2) is 6.10 Å². The number of ether oxygens (including phenoxy) is 1. The number of nitrogens with two attached hydrogens (primary N) is 1. The van der Waals surface area contributed by atoms with Gasteiger partial charge in [0.1, 0.15) is 5.75 Å². The van der Waals surface area contributed by atoms with Gasteiger partial charge < -0.3 is 15.4 Å². The molecule has 1 aliphatic carbocycles. The molecule has 3 rings (SSSR count). The SMILES string of the molecule is CC(Oc1ccc(Br)cc1)C(=O)N(Cc1ccc(C(N)=O)cc1)C1CC1.